The van der Waals surface area contributed by atoms with E-state index in [1.165, 1.54) is 36.8 Å². The molecule has 1 heterocycles. The normalized spacial score (nSPS) is 16.3. The van der Waals surface area contributed by atoms with Gasteiger partial charge in [-0.25, -0.2) is 4.98 Å². The van der Waals surface area contributed by atoms with Gasteiger partial charge in [-0.1, -0.05) is 30.0 Å². The topological polar surface area (TPSA) is 41.6 Å². The molecule has 0 amide bonds. The molecule has 3 rings (SSSR count). The van der Waals surface area contributed by atoms with E-state index in [1.807, 2.05) is 0 Å². The predicted molar refractivity (Wildman–Crippen MR) is 72.5 cm³/mol. The molecule has 0 saturated heterocycles. The second-order valence-electron chi connectivity index (χ2n) is 5.40. The molecule has 0 radical (unpaired) electrons. The van der Waals surface area contributed by atoms with Crippen LogP contribution in [0.5, 0.6) is 0 Å². The second kappa shape index (κ2) is 4.56. The zero-order valence-corrected chi connectivity index (χ0v) is 11.0. The molecule has 1 aromatic carbocycles. The largest absolute Gasteiger partial charge is 0.262 e. The van der Waals surface area contributed by atoms with Crippen molar-refractivity contribution in [2.45, 2.75) is 45.4 Å². The summed E-state index contributed by atoms with van der Waals surface area (Å²) in [5.74, 6) is 2.50. The van der Waals surface area contributed by atoms with Crippen LogP contribution in [-0.4, -0.2) is 15.2 Å². The van der Waals surface area contributed by atoms with Gasteiger partial charge in [-0.3, -0.25) is 5.10 Å². The van der Waals surface area contributed by atoms with Gasteiger partial charge >= 0.3 is 0 Å². The van der Waals surface area contributed by atoms with Gasteiger partial charge in [0.1, 0.15) is 5.82 Å². The highest BCUT2D eigenvalue weighted by atomic mass is 15.2. The number of hydrogen-bond acceptors (Lipinski definition) is 2. The molecule has 2 aromatic rings. The molecule has 1 aromatic heterocycles. The van der Waals surface area contributed by atoms with Crippen molar-refractivity contribution in [1.82, 2.24) is 15.2 Å². The number of nitrogens with one attached hydrogen (secondary N) is 1. The van der Waals surface area contributed by atoms with Crippen molar-refractivity contribution in [3.63, 3.8) is 0 Å². The highest BCUT2D eigenvalue weighted by Gasteiger charge is 2.20. The summed E-state index contributed by atoms with van der Waals surface area (Å²) in [5.41, 5.74) is 3.64. The van der Waals surface area contributed by atoms with Gasteiger partial charge in [0, 0.05) is 11.5 Å². The van der Waals surface area contributed by atoms with E-state index < -0.39 is 0 Å². The van der Waals surface area contributed by atoms with Gasteiger partial charge in [-0.05, 0) is 38.8 Å². The first-order valence-corrected chi connectivity index (χ1v) is 6.73. The predicted octanol–water partition coefficient (Wildman–Crippen LogP) is 3.75. The molecule has 0 unspecified atom stereocenters. The molecule has 1 N–H and O–H groups in total. The Kier molecular flexibility index (Phi) is 2.90. The van der Waals surface area contributed by atoms with Crippen molar-refractivity contribution in [1.29, 1.82) is 0 Å². The van der Waals surface area contributed by atoms with Crippen LogP contribution in [0.2, 0.25) is 0 Å². The van der Waals surface area contributed by atoms with Crippen LogP contribution in [0.15, 0.2) is 18.2 Å². The summed E-state index contributed by atoms with van der Waals surface area (Å²) in [5, 5.41) is 7.50. The molecule has 1 saturated carbocycles. The number of aromatic nitrogens is 3. The summed E-state index contributed by atoms with van der Waals surface area (Å²) in [4.78, 5) is 4.68. The summed E-state index contributed by atoms with van der Waals surface area (Å²) in [6.45, 7) is 4.22. The average Bonchev–Trinajstić information content (AvgIpc) is 2.99. The fraction of sp³-hybridized carbons (Fsp3) is 0.467. The van der Waals surface area contributed by atoms with Crippen molar-refractivity contribution >= 4 is 0 Å². The van der Waals surface area contributed by atoms with Crippen LogP contribution >= 0.6 is 0 Å². The second-order valence-corrected chi connectivity index (χ2v) is 5.40. The minimum absolute atomic E-state index is 0.595. The van der Waals surface area contributed by atoms with Gasteiger partial charge < -0.3 is 0 Å². The van der Waals surface area contributed by atoms with Crippen LogP contribution in [0.1, 0.15) is 48.6 Å². The van der Waals surface area contributed by atoms with E-state index in [9.17, 15) is 0 Å². The fourth-order valence-electron chi connectivity index (χ4n) is 2.89. The van der Waals surface area contributed by atoms with Crippen LogP contribution in [0.25, 0.3) is 11.4 Å². The maximum absolute atomic E-state index is 4.68. The molecule has 1 aliphatic carbocycles. The first-order valence-electron chi connectivity index (χ1n) is 6.73. The fourth-order valence-corrected chi connectivity index (χ4v) is 2.89. The molecule has 3 nitrogen and oxygen atoms in total. The van der Waals surface area contributed by atoms with Gasteiger partial charge in [-0.2, -0.15) is 5.10 Å². The Bertz CT molecular complexity index is 530. The molecule has 1 aliphatic rings. The van der Waals surface area contributed by atoms with Crippen LogP contribution in [0.4, 0.5) is 0 Å². The van der Waals surface area contributed by atoms with E-state index in [-0.39, 0.29) is 0 Å². The highest BCUT2D eigenvalue weighted by Crippen LogP contribution is 2.32. The van der Waals surface area contributed by atoms with E-state index in [2.05, 4.69) is 47.2 Å². The zero-order chi connectivity index (χ0) is 12.5. The molecule has 0 bridgehead atoms. The SMILES string of the molecule is Cc1cc(C)cc(-c2n[nH]c(C3CCCC3)n2)c1. The van der Waals surface area contributed by atoms with Crippen LogP contribution in [0.3, 0.4) is 0 Å². The van der Waals surface area contributed by atoms with Gasteiger partial charge in [0.05, 0.1) is 0 Å². The molecule has 3 heteroatoms. The number of H-pyrrole nitrogens is 1. The summed E-state index contributed by atoms with van der Waals surface area (Å²) >= 11 is 0. The van der Waals surface area contributed by atoms with Crippen LogP contribution < -0.4 is 0 Å². The first kappa shape index (κ1) is 11.5. The maximum Gasteiger partial charge on any atom is 0.181 e. The number of benzene rings is 1. The van der Waals surface area contributed by atoms with Crippen LogP contribution in [0, 0.1) is 13.8 Å². The van der Waals surface area contributed by atoms with Gasteiger partial charge in [-0.15, -0.1) is 0 Å². The van der Waals surface area contributed by atoms with Gasteiger partial charge in [0.25, 0.3) is 0 Å². The average molecular weight is 241 g/mol. The van der Waals surface area contributed by atoms with E-state index in [4.69, 9.17) is 0 Å². The third kappa shape index (κ3) is 2.17. The van der Waals surface area contributed by atoms with Crippen molar-refractivity contribution < 1.29 is 0 Å². The number of hydrogen-bond donors (Lipinski definition) is 1. The molecule has 18 heavy (non-hydrogen) atoms. The van der Waals surface area contributed by atoms with Crippen LogP contribution in [-0.2, 0) is 0 Å². The monoisotopic (exact) mass is 241 g/mol. The minimum Gasteiger partial charge on any atom is -0.262 e. The lowest BCUT2D eigenvalue weighted by molar-refractivity contribution is 0.672. The zero-order valence-electron chi connectivity index (χ0n) is 11.0. The van der Waals surface area contributed by atoms with E-state index >= 15 is 0 Å². The lowest BCUT2D eigenvalue weighted by Gasteiger charge is -2.02. The Morgan fingerprint density at radius 1 is 1.06 bits per heavy atom. The lowest BCUT2D eigenvalue weighted by Crippen LogP contribution is -1.94. The van der Waals surface area contributed by atoms with Crippen molar-refractivity contribution in [3.05, 3.63) is 35.2 Å². The molecule has 94 valence electrons. The summed E-state index contributed by atoms with van der Waals surface area (Å²) in [6.07, 6.45) is 5.15. The van der Waals surface area contributed by atoms with Gasteiger partial charge in [0.2, 0.25) is 0 Å². The summed E-state index contributed by atoms with van der Waals surface area (Å²) in [7, 11) is 0. The molecular formula is C15H19N3. The molecule has 0 spiro atoms. The molecule has 1 fully saturated rings. The van der Waals surface area contributed by atoms with E-state index in [0.717, 1.165) is 17.2 Å². The van der Waals surface area contributed by atoms with E-state index in [0.29, 0.717) is 5.92 Å². The third-order valence-electron chi connectivity index (χ3n) is 3.72. The van der Waals surface area contributed by atoms with E-state index in [1.54, 1.807) is 0 Å². The summed E-state index contributed by atoms with van der Waals surface area (Å²) < 4.78 is 0. The minimum atomic E-state index is 0.595. The number of aryl methyl sites for hydroxylation is 2. The Balaban J connectivity index is 1.92. The van der Waals surface area contributed by atoms with Crippen molar-refractivity contribution in [3.8, 4) is 11.4 Å². The quantitative estimate of drug-likeness (QED) is 0.870. The highest BCUT2D eigenvalue weighted by molar-refractivity contribution is 5.57. The Morgan fingerprint density at radius 3 is 2.39 bits per heavy atom. The van der Waals surface area contributed by atoms with Gasteiger partial charge in [0.15, 0.2) is 5.82 Å². The Hall–Kier alpha value is -1.64. The standard InChI is InChI=1S/C15H19N3/c1-10-7-11(2)9-13(8-10)15-16-14(17-18-15)12-5-3-4-6-12/h7-9,12H,3-6H2,1-2H3,(H,16,17,18). The maximum atomic E-state index is 4.68. The molecule has 0 atom stereocenters. The lowest BCUT2D eigenvalue weighted by atomic mass is 10.1. The number of nitrogens with zero attached hydrogens (tertiary/aromatic N) is 2. The summed E-state index contributed by atoms with van der Waals surface area (Å²) in [6, 6.07) is 6.47. The third-order valence-corrected chi connectivity index (χ3v) is 3.72. The molecular weight excluding hydrogens is 222 g/mol. The van der Waals surface area contributed by atoms with Crippen molar-refractivity contribution in [2.24, 2.45) is 0 Å². The number of aromatic amines is 1. The first-order chi connectivity index (χ1) is 8.72. The number of rotatable bonds is 2. The molecule has 0 aliphatic heterocycles. The Labute approximate surface area is 108 Å². The van der Waals surface area contributed by atoms with Crippen molar-refractivity contribution in [2.75, 3.05) is 0 Å². The smallest absolute Gasteiger partial charge is 0.181 e. The Morgan fingerprint density at radius 2 is 1.72 bits per heavy atom.